The Balaban J connectivity index is 2.95. The van der Waals surface area contributed by atoms with E-state index in [0.29, 0.717) is 25.8 Å². The highest BCUT2D eigenvalue weighted by atomic mass is 32.1. The second-order valence-electron chi connectivity index (χ2n) is 10.0. The Bertz CT molecular complexity index is 804. The van der Waals surface area contributed by atoms with Crippen molar-refractivity contribution in [1.82, 2.24) is 20.9 Å². The maximum atomic E-state index is 13.2. The monoisotopic (exact) mass is 548 g/mol. The molecule has 11 nitrogen and oxygen atoms in total. The molecule has 4 amide bonds. The number of alkyl carbamates (subject to hydrolysis) is 1. The van der Waals surface area contributed by atoms with Gasteiger partial charge in [0, 0.05) is 18.1 Å². The number of esters is 1. The smallest absolute Gasteiger partial charge is 0.408 e. The van der Waals surface area contributed by atoms with Crippen LogP contribution in [0.15, 0.2) is 0 Å². The molecule has 0 aromatic heterocycles. The number of methoxy groups -OCH3 is 1. The maximum Gasteiger partial charge on any atom is 0.408 e. The van der Waals surface area contributed by atoms with Crippen LogP contribution < -0.4 is 16.0 Å². The molecule has 0 aliphatic carbocycles. The van der Waals surface area contributed by atoms with Crippen molar-refractivity contribution in [3.05, 3.63) is 0 Å². The van der Waals surface area contributed by atoms with E-state index in [1.165, 1.54) is 12.0 Å². The van der Waals surface area contributed by atoms with E-state index in [0.717, 1.165) is 0 Å². The van der Waals surface area contributed by atoms with Gasteiger partial charge in [0.25, 0.3) is 0 Å². The zero-order valence-electron chi connectivity index (χ0n) is 21.8. The first-order valence-electron chi connectivity index (χ1n) is 11.9. The molecule has 1 fully saturated rings. The fourth-order valence-electron chi connectivity index (χ4n) is 3.70. The number of amides is 4. The SMILES string of the molecule is COC(=O)[C@H](CS)NC(=O)[C@H](CC(C)C)NC(=O)[C@@H]1CCCN1C(=O)[C@H](CS)NC(=O)OC(C)(C)C. The molecular formula is C23H40N4O7S2. The van der Waals surface area contributed by atoms with Crippen molar-refractivity contribution in [1.29, 1.82) is 0 Å². The van der Waals surface area contributed by atoms with Gasteiger partial charge in [-0.1, -0.05) is 13.8 Å². The largest absolute Gasteiger partial charge is 0.467 e. The lowest BCUT2D eigenvalue weighted by atomic mass is 10.0. The minimum Gasteiger partial charge on any atom is -0.467 e. The summed E-state index contributed by atoms with van der Waals surface area (Å²) < 4.78 is 9.90. The number of carbonyl (C=O) groups excluding carboxylic acids is 5. The number of rotatable bonds is 11. The molecule has 1 saturated heterocycles. The minimum atomic E-state index is -0.984. The number of hydrogen-bond donors (Lipinski definition) is 5. The molecular weight excluding hydrogens is 508 g/mol. The zero-order valence-corrected chi connectivity index (χ0v) is 23.6. The molecule has 4 atom stereocenters. The van der Waals surface area contributed by atoms with Gasteiger partial charge in [-0.3, -0.25) is 14.4 Å². The van der Waals surface area contributed by atoms with Crippen LogP contribution in [0.4, 0.5) is 4.79 Å². The average Bonchev–Trinajstić information content (AvgIpc) is 3.28. The molecule has 0 aromatic carbocycles. The highest BCUT2D eigenvalue weighted by Crippen LogP contribution is 2.20. The van der Waals surface area contributed by atoms with Crippen LogP contribution in [0.3, 0.4) is 0 Å². The number of hydrogen-bond acceptors (Lipinski definition) is 9. The lowest BCUT2D eigenvalue weighted by Gasteiger charge is -2.30. The summed E-state index contributed by atoms with van der Waals surface area (Å²) in [7, 11) is 1.21. The van der Waals surface area contributed by atoms with Crippen LogP contribution in [-0.4, -0.2) is 89.6 Å². The predicted molar refractivity (Wildman–Crippen MR) is 141 cm³/mol. The van der Waals surface area contributed by atoms with Gasteiger partial charge in [-0.25, -0.2) is 9.59 Å². The third-order valence-corrected chi connectivity index (χ3v) is 6.07. The third-order valence-electron chi connectivity index (χ3n) is 5.34. The molecule has 36 heavy (non-hydrogen) atoms. The molecule has 3 N–H and O–H groups in total. The summed E-state index contributed by atoms with van der Waals surface area (Å²) in [5, 5.41) is 7.81. The van der Waals surface area contributed by atoms with Crippen molar-refractivity contribution in [3.8, 4) is 0 Å². The molecule has 13 heteroatoms. The topological polar surface area (TPSA) is 143 Å². The van der Waals surface area contributed by atoms with Crippen molar-refractivity contribution in [2.75, 3.05) is 25.2 Å². The average molecular weight is 549 g/mol. The van der Waals surface area contributed by atoms with Crippen LogP contribution in [0.2, 0.25) is 0 Å². The van der Waals surface area contributed by atoms with Crippen molar-refractivity contribution in [2.24, 2.45) is 5.92 Å². The van der Waals surface area contributed by atoms with Gasteiger partial charge in [-0.2, -0.15) is 25.3 Å². The maximum absolute atomic E-state index is 13.2. The summed E-state index contributed by atoms with van der Waals surface area (Å²) in [6.45, 7) is 9.24. The van der Waals surface area contributed by atoms with Crippen LogP contribution in [0, 0.1) is 5.92 Å². The summed E-state index contributed by atoms with van der Waals surface area (Å²) in [4.78, 5) is 64.7. The molecule has 0 unspecified atom stereocenters. The Labute approximate surface area is 224 Å². The number of nitrogens with zero attached hydrogens (tertiary/aromatic N) is 1. The molecule has 206 valence electrons. The zero-order chi connectivity index (χ0) is 27.6. The molecule has 0 spiro atoms. The van der Waals surface area contributed by atoms with Gasteiger partial charge in [0.1, 0.15) is 29.8 Å². The van der Waals surface area contributed by atoms with E-state index in [4.69, 9.17) is 4.74 Å². The lowest BCUT2D eigenvalue weighted by molar-refractivity contribution is -0.145. The van der Waals surface area contributed by atoms with Crippen molar-refractivity contribution >= 4 is 55.0 Å². The Hall–Kier alpha value is -2.15. The quantitative estimate of drug-likeness (QED) is 0.191. The van der Waals surface area contributed by atoms with Gasteiger partial charge in [0.15, 0.2) is 0 Å². The van der Waals surface area contributed by atoms with Crippen LogP contribution >= 0.6 is 25.3 Å². The number of likely N-dealkylation sites (tertiary alicyclic amines) is 1. The first kappa shape index (κ1) is 31.9. The molecule has 1 heterocycles. The lowest BCUT2D eigenvalue weighted by Crippen LogP contribution is -2.58. The molecule has 1 aliphatic heterocycles. The van der Waals surface area contributed by atoms with E-state index in [1.807, 2.05) is 13.8 Å². The first-order chi connectivity index (χ1) is 16.7. The van der Waals surface area contributed by atoms with E-state index < -0.39 is 59.6 Å². The van der Waals surface area contributed by atoms with Crippen molar-refractivity contribution < 1.29 is 33.4 Å². The van der Waals surface area contributed by atoms with Crippen LogP contribution in [0.5, 0.6) is 0 Å². The Morgan fingerprint density at radius 1 is 0.972 bits per heavy atom. The number of ether oxygens (including phenoxy) is 2. The van der Waals surface area contributed by atoms with Gasteiger partial charge in [0.2, 0.25) is 17.7 Å². The van der Waals surface area contributed by atoms with Gasteiger partial charge in [0.05, 0.1) is 7.11 Å². The molecule has 0 bridgehead atoms. The highest BCUT2D eigenvalue weighted by molar-refractivity contribution is 7.80. The summed E-state index contributed by atoms with van der Waals surface area (Å²) in [5.74, 6) is -2.03. The first-order valence-corrected chi connectivity index (χ1v) is 13.2. The Morgan fingerprint density at radius 3 is 2.08 bits per heavy atom. The van der Waals surface area contributed by atoms with Gasteiger partial charge < -0.3 is 30.3 Å². The second-order valence-corrected chi connectivity index (χ2v) is 10.8. The fourth-order valence-corrected chi connectivity index (χ4v) is 4.19. The Kier molecular flexibility index (Phi) is 12.9. The van der Waals surface area contributed by atoms with Crippen molar-refractivity contribution in [3.63, 3.8) is 0 Å². The minimum absolute atomic E-state index is 0.0138. The van der Waals surface area contributed by atoms with Gasteiger partial charge in [-0.05, 0) is 46.0 Å². The number of thiol groups is 2. The molecule has 0 aromatic rings. The molecule has 1 aliphatic rings. The summed E-state index contributed by atoms with van der Waals surface area (Å²) in [6, 6.07) is -3.69. The van der Waals surface area contributed by atoms with E-state index in [1.54, 1.807) is 20.8 Å². The van der Waals surface area contributed by atoms with E-state index in [-0.39, 0.29) is 17.4 Å². The summed E-state index contributed by atoms with van der Waals surface area (Å²) in [5.41, 5.74) is -0.740. The van der Waals surface area contributed by atoms with E-state index >= 15 is 0 Å². The van der Waals surface area contributed by atoms with E-state index in [2.05, 4.69) is 45.9 Å². The highest BCUT2D eigenvalue weighted by Gasteiger charge is 2.39. The molecule has 0 saturated carbocycles. The van der Waals surface area contributed by atoms with Crippen LogP contribution in [0.25, 0.3) is 0 Å². The van der Waals surface area contributed by atoms with E-state index in [9.17, 15) is 24.0 Å². The normalized spacial score (nSPS) is 18.1. The molecule has 0 radical (unpaired) electrons. The standard InChI is InChI=1S/C23H40N4O7S2/c1-13(2)10-14(18(28)25-16(12-36)21(31)33-6)24-19(29)17-8-7-9-27(17)20(30)15(11-35)26-22(32)34-23(3,4)5/h13-17,35-36H,7-12H2,1-6H3,(H,24,29)(H,25,28)(H,26,32)/t14-,15-,16-,17-/m0/s1. The third kappa shape index (κ3) is 10.1. The predicted octanol–water partition coefficient (Wildman–Crippen LogP) is 0.919. The van der Waals surface area contributed by atoms with Gasteiger partial charge >= 0.3 is 12.1 Å². The molecule has 1 rings (SSSR count). The summed E-state index contributed by atoms with van der Waals surface area (Å²) >= 11 is 8.26. The number of nitrogens with one attached hydrogen (secondary N) is 3. The van der Waals surface area contributed by atoms with Crippen LogP contribution in [0.1, 0.15) is 53.9 Å². The van der Waals surface area contributed by atoms with Gasteiger partial charge in [-0.15, -0.1) is 0 Å². The summed E-state index contributed by atoms with van der Waals surface area (Å²) in [6.07, 6.45) is 0.549. The fraction of sp³-hybridized carbons (Fsp3) is 0.783. The van der Waals surface area contributed by atoms with Crippen molar-refractivity contribution in [2.45, 2.75) is 83.6 Å². The number of carbonyl (C=O) groups is 5. The Morgan fingerprint density at radius 2 is 1.58 bits per heavy atom. The second kappa shape index (κ2) is 14.6. The van der Waals surface area contributed by atoms with Crippen LogP contribution in [-0.2, 0) is 28.7 Å².